The standard InChI is InChI=1S/C8H9F3N2O2S2/c9-8(10,11)16-3-4-17(14,15)7-1-2-13-5-6(7)12/h1-2,5H,3-4,12H2. The molecule has 0 bridgehead atoms. The number of aromatic nitrogens is 1. The molecule has 17 heavy (non-hydrogen) atoms. The molecule has 0 aliphatic rings. The zero-order chi connectivity index (χ0) is 13.1. The van der Waals surface area contributed by atoms with Crippen LogP contribution in [-0.4, -0.2) is 30.4 Å². The van der Waals surface area contributed by atoms with Crippen LogP contribution in [0.1, 0.15) is 0 Å². The smallest absolute Gasteiger partial charge is 0.396 e. The van der Waals surface area contributed by atoms with Gasteiger partial charge in [-0.15, -0.1) is 0 Å². The Balaban J connectivity index is 2.74. The van der Waals surface area contributed by atoms with Crippen LogP contribution in [0.25, 0.3) is 0 Å². The summed E-state index contributed by atoms with van der Waals surface area (Å²) in [4.78, 5) is 3.42. The topological polar surface area (TPSA) is 73.0 Å². The maximum absolute atomic E-state index is 11.8. The first-order valence-electron chi connectivity index (χ1n) is 4.35. The van der Waals surface area contributed by atoms with Gasteiger partial charge in [-0.2, -0.15) is 13.2 Å². The van der Waals surface area contributed by atoms with Crippen LogP contribution in [0, 0.1) is 0 Å². The minimum Gasteiger partial charge on any atom is -0.396 e. The molecule has 0 radical (unpaired) electrons. The number of hydrogen-bond donors (Lipinski definition) is 1. The number of hydrogen-bond acceptors (Lipinski definition) is 5. The number of anilines is 1. The second kappa shape index (κ2) is 5.13. The third kappa shape index (κ3) is 4.43. The molecule has 0 aromatic carbocycles. The van der Waals surface area contributed by atoms with E-state index in [0.717, 1.165) is 6.20 Å². The Morgan fingerprint density at radius 3 is 2.59 bits per heavy atom. The summed E-state index contributed by atoms with van der Waals surface area (Å²) in [6.07, 6.45) is 2.37. The molecular formula is C8H9F3N2O2S2. The molecule has 96 valence electrons. The fourth-order valence-corrected chi connectivity index (χ4v) is 3.40. The summed E-state index contributed by atoms with van der Waals surface area (Å²) in [6.45, 7) is 0. The van der Waals surface area contributed by atoms with E-state index in [4.69, 9.17) is 5.73 Å². The summed E-state index contributed by atoms with van der Waals surface area (Å²) in [6, 6.07) is 1.17. The highest BCUT2D eigenvalue weighted by Gasteiger charge is 2.29. The van der Waals surface area contributed by atoms with E-state index in [2.05, 4.69) is 4.98 Å². The zero-order valence-corrected chi connectivity index (χ0v) is 10.1. The third-order valence-electron chi connectivity index (χ3n) is 1.76. The number of thioether (sulfide) groups is 1. The zero-order valence-electron chi connectivity index (χ0n) is 8.44. The normalized spacial score (nSPS) is 12.6. The predicted molar refractivity (Wildman–Crippen MR) is 59.2 cm³/mol. The predicted octanol–water partition coefficient (Wildman–Crippen LogP) is 1.69. The van der Waals surface area contributed by atoms with Crippen molar-refractivity contribution >= 4 is 27.3 Å². The molecule has 0 saturated heterocycles. The first-order chi connectivity index (χ1) is 7.72. The largest absolute Gasteiger partial charge is 0.441 e. The second-order valence-electron chi connectivity index (χ2n) is 3.03. The summed E-state index contributed by atoms with van der Waals surface area (Å²) in [5.74, 6) is -1.18. The van der Waals surface area contributed by atoms with Gasteiger partial charge in [0.15, 0.2) is 9.84 Å². The monoisotopic (exact) mass is 286 g/mol. The van der Waals surface area contributed by atoms with Crippen LogP contribution >= 0.6 is 11.8 Å². The number of pyridine rings is 1. The molecule has 2 N–H and O–H groups in total. The van der Waals surface area contributed by atoms with E-state index < -0.39 is 26.9 Å². The van der Waals surface area contributed by atoms with Gasteiger partial charge in [0.05, 0.1) is 22.5 Å². The third-order valence-corrected chi connectivity index (χ3v) is 4.54. The van der Waals surface area contributed by atoms with E-state index in [1.807, 2.05) is 0 Å². The summed E-state index contributed by atoms with van der Waals surface area (Å²) in [5.41, 5.74) is 0.897. The summed E-state index contributed by atoms with van der Waals surface area (Å²) < 4.78 is 58.8. The van der Waals surface area contributed by atoms with E-state index in [1.165, 1.54) is 12.3 Å². The maximum atomic E-state index is 11.8. The van der Waals surface area contributed by atoms with Gasteiger partial charge in [0.2, 0.25) is 0 Å². The van der Waals surface area contributed by atoms with Crippen LogP contribution in [0.4, 0.5) is 18.9 Å². The van der Waals surface area contributed by atoms with E-state index in [0.29, 0.717) is 0 Å². The van der Waals surface area contributed by atoms with E-state index in [-0.39, 0.29) is 22.3 Å². The average Bonchev–Trinajstić information content (AvgIpc) is 2.15. The summed E-state index contributed by atoms with van der Waals surface area (Å²) in [5, 5.41) is 0. The van der Waals surface area contributed by atoms with Crippen molar-refractivity contribution in [3.8, 4) is 0 Å². The van der Waals surface area contributed by atoms with Gasteiger partial charge in [-0.3, -0.25) is 4.98 Å². The Morgan fingerprint density at radius 1 is 1.41 bits per heavy atom. The first-order valence-corrected chi connectivity index (χ1v) is 6.99. The minimum atomic E-state index is -4.43. The Morgan fingerprint density at radius 2 is 2.06 bits per heavy atom. The highest BCUT2D eigenvalue weighted by atomic mass is 32.2. The van der Waals surface area contributed by atoms with Gasteiger partial charge in [-0.05, 0) is 17.8 Å². The quantitative estimate of drug-likeness (QED) is 0.911. The second-order valence-corrected chi connectivity index (χ2v) is 6.26. The molecule has 9 heteroatoms. The van der Waals surface area contributed by atoms with E-state index in [9.17, 15) is 21.6 Å². The van der Waals surface area contributed by atoms with Gasteiger partial charge < -0.3 is 5.73 Å². The Kier molecular flexibility index (Phi) is 4.26. The number of nitrogens with zero attached hydrogens (tertiary/aromatic N) is 1. The molecule has 0 unspecified atom stereocenters. The molecule has 0 spiro atoms. The van der Waals surface area contributed by atoms with E-state index >= 15 is 0 Å². The highest BCUT2D eigenvalue weighted by Crippen LogP contribution is 2.30. The maximum Gasteiger partial charge on any atom is 0.441 e. The molecule has 0 amide bonds. The van der Waals surface area contributed by atoms with Gasteiger partial charge in [0, 0.05) is 11.9 Å². The van der Waals surface area contributed by atoms with Crippen molar-refractivity contribution in [2.45, 2.75) is 10.4 Å². The van der Waals surface area contributed by atoms with Crippen molar-refractivity contribution in [3.05, 3.63) is 18.5 Å². The summed E-state index contributed by atoms with van der Waals surface area (Å²) >= 11 is -0.375. The molecule has 1 heterocycles. The van der Waals surface area contributed by atoms with Crippen molar-refractivity contribution in [2.75, 3.05) is 17.2 Å². The minimum absolute atomic E-state index is 0.0653. The van der Waals surface area contributed by atoms with Crippen molar-refractivity contribution in [1.29, 1.82) is 0 Å². The Labute approximate surface area is 100 Å². The Hall–Kier alpha value is -0.960. The molecule has 1 aromatic rings. The SMILES string of the molecule is Nc1cnccc1S(=O)(=O)CCSC(F)(F)F. The fraction of sp³-hybridized carbons (Fsp3) is 0.375. The average molecular weight is 286 g/mol. The van der Waals surface area contributed by atoms with Gasteiger partial charge in [0.1, 0.15) is 0 Å². The molecule has 1 aromatic heterocycles. The molecule has 0 aliphatic heterocycles. The van der Waals surface area contributed by atoms with Gasteiger partial charge in [0.25, 0.3) is 0 Å². The number of rotatable bonds is 4. The van der Waals surface area contributed by atoms with Crippen LogP contribution < -0.4 is 5.73 Å². The van der Waals surface area contributed by atoms with Crippen molar-refractivity contribution in [3.63, 3.8) is 0 Å². The lowest BCUT2D eigenvalue weighted by Crippen LogP contribution is -2.13. The molecule has 0 aliphatic carbocycles. The van der Waals surface area contributed by atoms with Crippen LogP contribution in [0.3, 0.4) is 0 Å². The fourth-order valence-electron chi connectivity index (χ4n) is 1.05. The number of nitrogens with two attached hydrogens (primary N) is 1. The van der Waals surface area contributed by atoms with Gasteiger partial charge >= 0.3 is 5.51 Å². The lowest BCUT2D eigenvalue weighted by Gasteiger charge is -2.07. The molecule has 1 rings (SSSR count). The van der Waals surface area contributed by atoms with Crippen molar-refractivity contribution in [1.82, 2.24) is 4.98 Å². The number of halogens is 3. The molecule has 0 saturated carbocycles. The van der Waals surface area contributed by atoms with Gasteiger partial charge in [-0.25, -0.2) is 8.42 Å². The Bertz CT molecular complexity index is 488. The highest BCUT2D eigenvalue weighted by molar-refractivity contribution is 8.01. The van der Waals surface area contributed by atoms with Crippen LogP contribution in [0.2, 0.25) is 0 Å². The van der Waals surface area contributed by atoms with Crippen molar-refractivity contribution < 1.29 is 21.6 Å². The number of sulfone groups is 1. The van der Waals surface area contributed by atoms with Crippen LogP contribution in [0.15, 0.2) is 23.4 Å². The van der Waals surface area contributed by atoms with Crippen LogP contribution in [0.5, 0.6) is 0 Å². The lowest BCUT2D eigenvalue weighted by molar-refractivity contribution is -0.0326. The van der Waals surface area contributed by atoms with E-state index in [1.54, 1.807) is 0 Å². The molecule has 4 nitrogen and oxygen atoms in total. The molecular weight excluding hydrogens is 277 g/mol. The molecule has 0 atom stereocenters. The molecule has 0 fully saturated rings. The number of nitrogen functional groups attached to an aromatic ring is 1. The summed E-state index contributed by atoms with van der Waals surface area (Å²) in [7, 11) is -3.80. The van der Waals surface area contributed by atoms with Gasteiger partial charge in [-0.1, -0.05) is 0 Å². The van der Waals surface area contributed by atoms with Crippen molar-refractivity contribution in [2.24, 2.45) is 0 Å². The number of alkyl halides is 3. The lowest BCUT2D eigenvalue weighted by atomic mass is 10.4. The first kappa shape index (κ1) is 14.1. The van der Waals surface area contributed by atoms with Crippen LogP contribution in [-0.2, 0) is 9.84 Å².